The maximum atomic E-state index is 11.7. The molecule has 7 heteroatoms. The molecule has 6 nitrogen and oxygen atoms in total. The van der Waals surface area contributed by atoms with Gasteiger partial charge in [0.25, 0.3) is 5.91 Å². The van der Waals surface area contributed by atoms with Crippen LogP contribution in [0, 0.1) is 0 Å². The van der Waals surface area contributed by atoms with E-state index in [1.807, 2.05) is 24.3 Å². The highest BCUT2D eigenvalue weighted by Gasteiger charge is 2.10. The minimum absolute atomic E-state index is 0.265. The highest BCUT2D eigenvalue weighted by molar-refractivity contribution is 7.07. The monoisotopic (exact) mass is 245 g/mol. The first-order chi connectivity index (χ1) is 8.33. The van der Waals surface area contributed by atoms with Crippen molar-refractivity contribution in [1.82, 2.24) is 19.6 Å². The third-order valence-electron chi connectivity index (χ3n) is 2.21. The van der Waals surface area contributed by atoms with E-state index in [0.717, 1.165) is 22.6 Å². The van der Waals surface area contributed by atoms with Gasteiger partial charge in [-0.1, -0.05) is 16.6 Å². The van der Waals surface area contributed by atoms with E-state index in [4.69, 9.17) is 0 Å². The molecule has 0 aliphatic carbocycles. The number of benzene rings is 1. The molecule has 0 atom stereocenters. The van der Waals surface area contributed by atoms with E-state index >= 15 is 0 Å². The van der Waals surface area contributed by atoms with Crippen molar-refractivity contribution in [3.05, 3.63) is 35.3 Å². The molecule has 0 unspecified atom stereocenters. The molecule has 0 bridgehead atoms. The second-order valence-electron chi connectivity index (χ2n) is 3.34. The van der Waals surface area contributed by atoms with Crippen molar-refractivity contribution in [3.63, 3.8) is 0 Å². The molecule has 0 radical (unpaired) electrons. The lowest BCUT2D eigenvalue weighted by Gasteiger charge is -1.96. The number of nitrogens with zero attached hydrogens (tertiary/aromatic N) is 3. The number of nitrogens with one attached hydrogen (secondary N) is 2. The van der Waals surface area contributed by atoms with Gasteiger partial charge in [0, 0.05) is 0 Å². The van der Waals surface area contributed by atoms with Crippen LogP contribution < -0.4 is 5.32 Å². The van der Waals surface area contributed by atoms with Crippen LogP contribution in [-0.4, -0.2) is 25.5 Å². The largest absolute Gasteiger partial charge is 0.324 e. The fourth-order valence-corrected chi connectivity index (χ4v) is 1.86. The molecule has 3 rings (SSSR count). The van der Waals surface area contributed by atoms with E-state index in [1.165, 1.54) is 6.20 Å². The Morgan fingerprint density at radius 1 is 1.35 bits per heavy atom. The molecule has 0 spiro atoms. The highest BCUT2D eigenvalue weighted by atomic mass is 32.1. The lowest BCUT2D eigenvalue weighted by Crippen LogP contribution is -2.11. The molecule has 3 aromatic rings. The molecule has 0 saturated heterocycles. The van der Waals surface area contributed by atoms with Gasteiger partial charge in [0.05, 0.1) is 17.2 Å². The molecule has 1 aromatic carbocycles. The van der Waals surface area contributed by atoms with Crippen molar-refractivity contribution in [1.29, 1.82) is 0 Å². The van der Waals surface area contributed by atoms with E-state index in [-0.39, 0.29) is 5.91 Å². The predicted octanol–water partition coefficient (Wildman–Crippen LogP) is 1.67. The summed E-state index contributed by atoms with van der Waals surface area (Å²) in [4.78, 5) is 19.4. The molecule has 17 heavy (non-hydrogen) atoms. The number of amides is 1. The Balaban J connectivity index is 1.88. The van der Waals surface area contributed by atoms with Crippen LogP contribution in [0.5, 0.6) is 0 Å². The highest BCUT2D eigenvalue weighted by Crippen LogP contribution is 2.14. The zero-order valence-corrected chi connectivity index (χ0v) is 9.36. The number of fused-ring (bicyclic) bond motifs is 1. The number of para-hydroxylation sites is 2. The van der Waals surface area contributed by atoms with E-state index < -0.39 is 0 Å². The van der Waals surface area contributed by atoms with Crippen LogP contribution in [0.25, 0.3) is 11.0 Å². The first kappa shape index (κ1) is 9.91. The molecular formula is C10H7N5OS. The Hall–Kier alpha value is -2.28. The smallest absolute Gasteiger partial charge is 0.271 e. The van der Waals surface area contributed by atoms with Gasteiger partial charge in [0.1, 0.15) is 4.88 Å². The molecule has 1 amide bonds. The molecular weight excluding hydrogens is 238 g/mol. The Labute approximate surface area is 99.9 Å². The van der Waals surface area contributed by atoms with Crippen LogP contribution >= 0.6 is 11.5 Å². The van der Waals surface area contributed by atoms with Gasteiger partial charge in [-0.05, 0) is 23.7 Å². The molecule has 84 valence electrons. The SMILES string of the molecule is O=C(Nc1nc2ccccc2[nH]1)c1cnns1. The summed E-state index contributed by atoms with van der Waals surface area (Å²) in [5.41, 5.74) is 1.69. The van der Waals surface area contributed by atoms with E-state index in [2.05, 4.69) is 24.9 Å². The van der Waals surface area contributed by atoms with Crippen molar-refractivity contribution in [2.45, 2.75) is 0 Å². The number of aromatic nitrogens is 4. The van der Waals surface area contributed by atoms with Gasteiger partial charge in [0.15, 0.2) is 0 Å². The summed E-state index contributed by atoms with van der Waals surface area (Å²) in [5.74, 6) is 0.156. The molecule has 0 saturated carbocycles. The third kappa shape index (κ3) is 1.87. The van der Waals surface area contributed by atoms with Crippen LogP contribution in [-0.2, 0) is 0 Å². The van der Waals surface area contributed by atoms with Crippen molar-refractivity contribution in [3.8, 4) is 0 Å². The first-order valence-electron chi connectivity index (χ1n) is 4.86. The summed E-state index contributed by atoms with van der Waals surface area (Å²) in [5, 5.41) is 6.26. The molecule has 2 aromatic heterocycles. The maximum absolute atomic E-state index is 11.7. The van der Waals surface area contributed by atoms with Crippen LogP contribution in [0.1, 0.15) is 9.67 Å². The molecule has 2 heterocycles. The normalized spacial score (nSPS) is 10.6. The van der Waals surface area contributed by atoms with E-state index in [0.29, 0.717) is 10.8 Å². The number of hydrogen-bond donors (Lipinski definition) is 2. The number of anilines is 1. The van der Waals surface area contributed by atoms with Crippen molar-refractivity contribution in [2.24, 2.45) is 0 Å². The predicted molar refractivity (Wildman–Crippen MR) is 64.0 cm³/mol. The minimum Gasteiger partial charge on any atom is -0.324 e. The lowest BCUT2D eigenvalue weighted by molar-refractivity contribution is 0.102. The van der Waals surface area contributed by atoms with E-state index in [9.17, 15) is 4.79 Å². The number of imidazole rings is 1. The van der Waals surface area contributed by atoms with Crippen molar-refractivity contribution >= 4 is 34.4 Å². The topological polar surface area (TPSA) is 83.6 Å². The lowest BCUT2D eigenvalue weighted by atomic mass is 10.3. The standard InChI is InChI=1S/C10H7N5OS/c16-9(8-5-11-15-17-8)14-10-12-6-3-1-2-4-7(6)13-10/h1-5H,(H2,12,13,14,16). The van der Waals surface area contributed by atoms with Gasteiger partial charge >= 0.3 is 0 Å². The number of aromatic amines is 1. The number of hydrogen-bond acceptors (Lipinski definition) is 5. The van der Waals surface area contributed by atoms with Gasteiger partial charge in [0.2, 0.25) is 5.95 Å². The average molecular weight is 245 g/mol. The third-order valence-corrected chi connectivity index (χ3v) is 2.87. The van der Waals surface area contributed by atoms with Gasteiger partial charge in [-0.3, -0.25) is 10.1 Å². The summed E-state index contributed by atoms with van der Waals surface area (Å²) in [6.45, 7) is 0. The molecule has 0 aliphatic rings. The Morgan fingerprint density at radius 3 is 3.00 bits per heavy atom. The van der Waals surface area contributed by atoms with Crippen molar-refractivity contribution < 1.29 is 4.79 Å². The van der Waals surface area contributed by atoms with Gasteiger partial charge < -0.3 is 4.98 Å². The summed E-state index contributed by atoms with van der Waals surface area (Å²) in [6.07, 6.45) is 1.42. The molecule has 0 aliphatic heterocycles. The molecule has 2 N–H and O–H groups in total. The first-order valence-corrected chi connectivity index (χ1v) is 5.64. The van der Waals surface area contributed by atoms with Crippen LogP contribution in [0.15, 0.2) is 30.5 Å². The molecule has 0 fully saturated rings. The van der Waals surface area contributed by atoms with Gasteiger partial charge in [-0.25, -0.2) is 4.98 Å². The summed E-state index contributed by atoms with van der Waals surface area (Å²) in [7, 11) is 0. The van der Waals surface area contributed by atoms with Crippen LogP contribution in [0.3, 0.4) is 0 Å². The summed E-state index contributed by atoms with van der Waals surface area (Å²) >= 11 is 1.04. The van der Waals surface area contributed by atoms with E-state index in [1.54, 1.807) is 0 Å². The average Bonchev–Trinajstić information content (AvgIpc) is 2.97. The van der Waals surface area contributed by atoms with Gasteiger partial charge in [-0.15, -0.1) is 5.10 Å². The zero-order chi connectivity index (χ0) is 11.7. The van der Waals surface area contributed by atoms with Crippen LogP contribution in [0.2, 0.25) is 0 Å². The summed E-state index contributed by atoms with van der Waals surface area (Å²) in [6, 6.07) is 7.56. The van der Waals surface area contributed by atoms with Gasteiger partial charge in [-0.2, -0.15) is 0 Å². The maximum Gasteiger partial charge on any atom is 0.271 e. The minimum atomic E-state index is -0.265. The zero-order valence-electron chi connectivity index (χ0n) is 8.54. The fraction of sp³-hybridized carbons (Fsp3) is 0. The fourth-order valence-electron chi connectivity index (χ4n) is 1.45. The number of H-pyrrole nitrogens is 1. The second kappa shape index (κ2) is 3.95. The quantitative estimate of drug-likeness (QED) is 0.719. The van der Waals surface area contributed by atoms with Crippen molar-refractivity contribution in [2.75, 3.05) is 5.32 Å². The second-order valence-corrected chi connectivity index (χ2v) is 4.12. The Bertz CT molecular complexity index is 627. The summed E-state index contributed by atoms with van der Waals surface area (Å²) < 4.78 is 3.63. The van der Waals surface area contributed by atoms with Crippen LogP contribution in [0.4, 0.5) is 5.95 Å². The number of rotatable bonds is 2. The number of carbonyl (C=O) groups is 1. The Morgan fingerprint density at radius 2 is 2.24 bits per heavy atom. The Kier molecular flexibility index (Phi) is 2.30. The number of carbonyl (C=O) groups excluding carboxylic acids is 1.